The van der Waals surface area contributed by atoms with Crippen LogP contribution in [0, 0.1) is 0 Å². The van der Waals surface area contributed by atoms with Gasteiger partial charge < -0.3 is 14.8 Å². The Morgan fingerprint density at radius 3 is 2.50 bits per heavy atom. The van der Waals surface area contributed by atoms with E-state index in [-0.39, 0.29) is 5.78 Å². The summed E-state index contributed by atoms with van der Waals surface area (Å²) in [4.78, 5) is 16.4. The molecule has 7 heteroatoms. The lowest BCUT2D eigenvalue weighted by molar-refractivity contribution is -0.114. The van der Waals surface area contributed by atoms with Gasteiger partial charge in [-0.05, 0) is 23.3 Å². The summed E-state index contributed by atoms with van der Waals surface area (Å²) in [5, 5.41) is 4.04. The minimum atomic E-state index is -0.0248. The fraction of sp³-hybridized carbons (Fsp3) is 0.217. The van der Waals surface area contributed by atoms with Gasteiger partial charge in [0.15, 0.2) is 5.78 Å². The molecule has 156 valence electrons. The van der Waals surface area contributed by atoms with Crippen molar-refractivity contribution in [3.63, 3.8) is 0 Å². The molecule has 2 aromatic carbocycles. The zero-order valence-electron chi connectivity index (χ0n) is 16.8. The molecule has 30 heavy (non-hydrogen) atoms. The molecule has 0 bridgehead atoms. The molecule has 2 aromatic rings. The van der Waals surface area contributed by atoms with Crippen LogP contribution in [0.4, 0.5) is 5.69 Å². The van der Waals surface area contributed by atoms with Crippen LogP contribution in [-0.4, -0.2) is 38.8 Å². The van der Waals surface area contributed by atoms with Crippen LogP contribution in [-0.2, 0) is 11.2 Å². The highest BCUT2D eigenvalue weighted by molar-refractivity contribution is 6.41. The van der Waals surface area contributed by atoms with Crippen LogP contribution < -0.4 is 14.8 Å². The van der Waals surface area contributed by atoms with Gasteiger partial charge >= 0.3 is 0 Å². The molecule has 0 radical (unpaired) electrons. The third kappa shape index (κ3) is 4.69. The van der Waals surface area contributed by atoms with Crippen molar-refractivity contribution in [2.24, 2.45) is 4.99 Å². The average Bonchev–Trinajstić information content (AvgIpc) is 3.23. The molecule has 0 atom stereocenters. The lowest BCUT2D eigenvalue weighted by atomic mass is 9.98. The molecule has 0 fully saturated rings. The Morgan fingerprint density at radius 2 is 1.87 bits per heavy atom. The number of anilines is 1. The second-order valence-electron chi connectivity index (χ2n) is 6.65. The molecule has 1 aliphatic heterocycles. The molecular weight excluding hydrogens is 423 g/mol. The lowest BCUT2D eigenvalue weighted by Gasteiger charge is -2.16. The molecule has 1 heterocycles. The Bertz CT molecular complexity index is 1020. The number of hydrogen-bond acceptors (Lipinski definition) is 5. The molecule has 1 N–H and O–H groups in total. The van der Waals surface area contributed by atoms with Crippen LogP contribution in [0.2, 0.25) is 10.0 Å². The van der Waals surface area contributed by atoms with Gasteiger partial charge in [0.1, 0.15) is 21.5 Å². The van der Waals surface area contributed by atoms with Gasteiger partial charge in [0, 0.05) is 24.6 Å². The number of nitrogens with zero attached hydrogens (tertiary/aromatic N) is 1. The summed E-state index contributed by atoms with van der Waals surface area (Å²) in [6, 6.07) is 9.40. The zero-order chi connectivity index (χ0) is 21.7. The average molecular weight is 445 g/mol. The predicted molar refractivity (Wildman–Crippen MR) is 123 cm³/mol. The summed E-state index contributed by atoms with van der Waals surface area (Å²) in [6.45, 7) is 4.59. The van der Waals surface area contributed by atoms with Gasteiger partial charge in [0.2, 0.25) is 0 Å². The third-order valence-corrected chi connectivity index (χ3v) is 5.50. The fourth-order valence-corrected chi connectivity index (χ4v) is 3.80. The van der Waals surface area contributed by atoms with Gasteiger partial charge in [-0.3, -0.25) is 9.79 Å². The first-order chi connectivity index (χ1) is 14.5. The van der Waals surface area contributed by atoms with Crippen LogP contribution in [0.15, 0.2) is 59.6 Å². The van der Waals surface area contributed by atoms with Crippen LogP contribution >= 0.6 is 23.2 Å². The number of allylic oxidation sites excluding steroid dienone is 2. The quantitative estimate of drug-likeness (QED) is 0.543. The summed E-state index contributed by atoms with van der Waals surface area (Å²) < 4.78 is 10.6. The van der Waals surface area contributed by atoms with E-state index in [2.05, 4.69) is 16.9 Å². The van der Waals surface area contributed by atoms with Crippen LogP contribution in [0.25, 0.3) is 0 Å². The number of ketones is 1. The van der Waals surface area contributed by atoms with Crippen molar-refractivity contribution >= 4 is 40.4 Å². The second-order valence-corrected chi connectivity index (χ2v) is 7.40. The highest BCUT2D eigenvalue weighted by Crippen LogP contribution is 2.44. The van der Waals surface area contributed by atoms with E-state index in [9.17, 15) is 4.79 Å². The topological polar surface area (TPSA) is 59.9 Å². The van der Waals surface area contributed by atoms with E-state index in [1.807, 2.05) is 30.3 Å². The minimum absolute atomic E-state index is 0.0248. The van der Waals surface area contributed by atoms with Crippen molar-refractivity contribution in [2.75, 3.05) is 32.6 Å². The Hall–Kier alpha value is -2.76. The van der Waals surface area contributed by atoms with Gasteiger partial charge in [-0.25, -0.2) is 0 Å². The molecule has 0 spiro atoms. The van der Waals surface area contributed by atoms with Crippen LogP contribution in [0.3, 0.4) is 0 Å². The maximum Gasteiger partial charge on any atom is 0.159 e. The summed E-state index contributed by atoms with van der Waals surface area (Å²) in [6.07, 6.45) is 3.66. The number of benzene rings is 2. The number of aliphatic imine (C=N–C) groups is 1. The molecule has 3 rings (SSSR count). The SMILES string of the molecule is C=CC(=O)Cc1ccccc1C1=NCC(CNc2c(Cl)c(OC)cc(OC)c2Cl)=C1. The lowest BCUT2D eigenvalue weighted by Crippen LogP contribution is -2.08. The molecule has 5 nitrogen and oxygen atoms in total. The first-order valence-corrected chi connectivity index (χ1v) is 10.0. The standard InChI is InChI=1S/C23H22Cl2N2O3/c1-4-16(28)10-15-7-5-6-8-17(15)18-9-14(12-26-18)13-27-23-21(24)19(29-2)11-20(30-3)22(23)25/h4-9,11,27H,1,10,12-13H2,2-3H3. The van der Waals surface area contributed by atoms with Gasteiger partial charge in [0.25, 0.3) is 0 Å². The van der Waals surface area contributed by atoms with Crippen molar-refractivity contribution in [3.8, 4) is 11.5 Å². The Balaban J connectivity index is 1.79. The van der Waals surface area contributed by atoms with Crippen molar-refractivity contribution in [2.45, 2.75) is 6.42 Å². The van der Waals surface area contributed by atoms with Crippen molar-refractivity contribution in [3.05, 3.63) is 75.8 Å². The van der Waals surface area contributed by atoms with Crippen LogP contribution in [0.5, 0.6) is 11.5 Å². The smallest absolute Gasteiger partial charge is 0.159 e. The summed E-state index contributed by atoms with van der Waals surface area (Å²) >= 11 is 12.8. The minimum Gasteiger partial charge on any atom is -0.495 e. The Labute approximate surface area is 186 Å². The number of ether oxygens (including phenoxy) is 2. The van der Waals surface area contributed by atoms with E-state index in [1.54, 1.807) is 6.07 Å². The number of carbonyl (C=O) groups excluding carboxylic acids is 1. The number of rotatable bonds is 9. The maximum atomic E-state index is 11.8. The number of hydrogen-bond donors (Lipinski definition) is 1. The molecule has 0 unspecified atom stereocenters. The second kappa shape index (κ2) is 9.83. The molecule has 0 saturated carbocycles. The van der Waals surface area contributed by atoms with E-state index in [0.717, 1.165) is 22.4 Å². The number of halogens is 2. The van der Waals surface area contributed by atoms with E-state index >= 15 is 0 Å². The molecular formula is C23H22Cl2N2O3. The highest BCUT2D eigenvalue weighted by Gasteiger charge is 2.19. The van der Waals surface area contributed by atoms with Crippen molar-refractivity contribution in [1.82, 2.24) is 0 Å². The predicted octanol–water partition coefficient (Wildman–Crippen LogP) is 5.15. The summed E-state index contributed by atoms with van der Waals surface area (Å²) in [5.41, 5.74) is 4.32. The first-order valence-electron chi connectivity index (χ1n) is 9.29. The van der Waals surface area contributed by atoms with Gasteiger partial charge in [-0.2, -0.15) is 0 Å². The van der Waals surface area contributed by atoms with E-state index < -0.39 is 0 Å². The zero-order valence-corrected chi connectivity index (χ0v) is 18.3. The summed E-state index contributed by atoms with van der Waals surface area (Å²) in [5.74, 6) is 0.917. The van der Waals surface area contributed by atoms with Gasteiger partial charge in [-0.15, -0.1) is 0 Å². The molecule has 0 aliphatic carbocycles. The largest absolute Gasteiger partial charge is 0.495 e. The number of nitrogens with one attached hydrogen (secondary N) is 1. The third-order valence-electron chi connectivity index (χ3n) is 4.74. The van der Waals surface area contributed by atoms with Crippen molar-refractivity contribution < 1.29 is 14.3 Å². The number of carbonyl (C=O) groups is 1. The maximum absolute atomic E-state index is 11.8. The molecule has 1 aliphatic rings. The fourth-order valence-electron chi connectivity index (χ4n) is 3.17. The molecule has 0 saturated heterocycles. The number of methoxy groups -OCH3 is 2. The van der Waals surface area contributed by atoms with Gasteiger partial charge in [0.05, 0.1) is 32.2 Å². The van der Waals surface area contributed by atoms with Gasteiger partial charge in [-0.1, -0.05) is 54.0 Å². The summed E-state index contributed by atoms with van der Waals surface area (Å²) in [7, 11) is 3.07. The van der Waals surface area contributed by atoms with Crippen LogP contribution in [0.1, 0.15) is 11.1 Å². The van der Waals surface area contributed by atoms with Crippen molar-refractivity contribution in [1.29, 1.82) is 0 Å². The van der Waals surface area contributed by atoms with E-state index in [1.165, 1.54) is 20.3 Å². The normalized spacial score (nSPS) is 12.8. The van der Waals surface area contributed by atoms with E-state index in [0.29, 0.717) is 46.7 Å². The van der Waals surface area contributed by atoms with E-state index in [4.69, 9.17) is 32.7 Å². The molecule has 0 aromatic heterocycles. The monoisotopic (exact) mass is 444 g/mol. The Kier molecular flexibility index (Phi) is 7.19. The highest BCUT2D eigenvalue weighted by atomic mass is 35.5. The molecule has 0 amide bonds. The first kappa shape index (κ1) is 21.9. The Morgan fingerprint density at radius 1 is 1.20 bits per heavy atom.